The third kappa shape index (κ3) is 2.46. The summed E-state index contributed by atoms with van der Waals surface area (Å²) in [6, 6.07) is 6.12. The first-order chi connectivity index (χ1) is 5.68. The van der Waals surface area contributed by atoms with Crippen LogP contribution >= 0.6 is 0 Å². The van der Waals surface area contributed by atoms with Gasteiger partial charge in [0.25, 0.3) is 0 Å². The number of primary amides is 1. The second kappa shape index (κ2) is 3.57. The molecule has 0 unspecified atom stereocenters. The minimum absolute atomic E-state index is 0.0498. The average Bonchev–Trinajstić information content (AvgIpc) is 2.03. The van der Waals surface area contributed by atoms with E-state index < -0.39 is 5.91 Å². The van der Waals surface area contributed by atoms with Crippen LogP contribution in [0.3, 0.4) is 0 Å². The van der Waals surface area contributed by atoms with Gasteiger partial charge in [-0.05, 0) is 11.6 Å². The van der Waals surface area contributed by atoms with Crippen molar-refractivity contribution in [1.82, 2.24) is 0 Å². The molecule has 0 bridgehead atoms. The number of rotatable bonds is 2. The van der Waals surface area contributed by atoms with E-state index in [9.17, 15) is 9.90 Å². The van der Waals surface area contributed by atoms with Crippen molar-refractivity contribution >= 4 is 12.0 Å². The molecule has 0 aliphatic rings. The predicted molar refractivity (Wildman–Crippen MR) is 44.1 cm³/mol. The number of carbonyl (C=O) groups is 1. The second-order valence-electron chi connectivity index (χ2n) is 2.30. The molecular formula is C9H8NO2-. The van der Waals surface area contributed by atoms with Crippen molar-refractivity contribution in [3.63, 3.8) is 0 Å². The molecule has 0 heterocycles. The summed E-state index contributed by atoms with van der Waals surface area (Å²) >= 11 is 0. The van der Waals surface area contributed by atoms with E-state index in [2.05, 4.69) is 0 Å². The van der Waals surface area contributed by atoms with Crippen LogP contribution in [0.1, 0.15) is 5.56 Å². The Kier molecular flexibility index (Phi) is 2.48. The van der Waals surface area contributed by atoms with Gasteiger partial charge < -0.3 is 10.8 Å². The van der Waals surface area contributed by atoms with Gasteiger partial charge in [-0.3, -0.25) is 4.79 Å². The van der Waals surface area contributed by atoms with Crippen LogP contribution in [0, 0.1) is 0 Å². The van der Waals surface area contributed by atoms with Crippen molar-refractivity contribution in [2.24, 2.45) is 5.73 Å². The maximum Gasteiger partial charge on any atom is 0.241 e. The smallest absolute Gasteiger partial charge is 0.241 e. The maximum atomic E-state index is 10.6. The highest BCUT2D eigenvalue weighted by molar-refractivity contribution is 5.90. The summed E-state index contributed by atoms with van der Waals surface area (Å²) in [7, 11) is 0. The summed E-state index contributed by atoms with van der Waals surface area (Å²) in [5.74, 6) is -0.549. The fraction of sp³-hybridized carbons (Fsp3) is 0. The largest absolute Gasteiger partial charge is 0.872 e. The summed E-state index contributed by atoms with van der Waals surface area (Å²) in [4.78, 5) is 10.3. The highest BCUT2D eigenvalue weighted by Crippen LogP contribution is 2.07. The lowest BCUT2D eigenvalue weighted by Gasteiger charge is -2.02. The molecule has 1 aromatic carbocycles. The van der Waals surface area contributed by atoms with Crippen molar-refractivity contribution in [3.05, 3.63) is 35.9 Å². The predicted octanol–water partition coefficient (Wildman–Crippen LogP) is 0.259. The average molecular weight is 162 g/mol. The Morgan fingerprint density at radius 2 is 1.92 bits per heavy atom. The summed E-state index contributed by atoms with van der Waals surface area (Å²) in [6.45, 7) is 0. The van der Waals surface area contributed by atoms with Gasteiger partial charge >= 0.3 is 0 Å². The highest BCUT2D eigenvalue weighted by atomic mass is 16.3. The lowest BCUT2D eigenvalue weighted by molar-refractivity contribution is -0.268. The fourth-order valence-electron chi connectivity index (χ4n) is 0.757. The van der Waals surface area contributed by atoms with Crippen LogP contribution in [0.4, 0.5) is 0 Å². The zero-order chi connectivity index (χ0) is 8.97. The van der Waals surface area contributed by atoms with Gasteiger partial charge in [0.15, 0.2) is 0 Å². The molecule has 62 valence electrons. The van der Waals surface area contributed by atoms with E-state index in [0.717, 1.165) is 5.56 Å². The molecule has 1 rings (SSSR count). The van der Waals surface area contributed by atoms with Crippen LogP contribution in [0.25, 0.3) is 6.08 Å². The lowest BCUT2D eigenvalue weighted by atomic mass is 10.2. The number of carbonyl (C=O) groups excluding carboxylic acids is 1. The van der Waals surface area contributed by atoms with E-state index in [1.165, 1.54) is 18.2 Å². The zero-order valence-corrected chi connectivity index (χ0v) is 6.36. The highest BCUT2D eigenvalue weighted by Gasteiger charge is 1.85. The summed E-state index contributed by atoms with van der Waals surface area (Å²) in [6.07, 6.45) is 2.81. The van der Waals surface area contributed by atoms with E-state index in [1.54, 1.807) is 18.2 Å². The van der Waals surface area contributed by atoms with Crippen LogP contribution in [0.2, 0.25) is 0 Å². The molecule has 0 aliphatic heterocycles. The minimum Gasteiger partial charge on any atom is -0.872 e. The van der Waals surface area contributed by atoms with E-state index in [4.69, 9.17) is 5.73 Å². The van der Waals surface area contributed by atoms with Gasteiger partial charge in [-0.2, -0.15) is 0 Å². The number of nitrogens with two attached hydrogens (primary N) is 1. The van der Waals surface area contributed by atoms with Gasteiger partial charge in [-0.15, -0.1) is 5.75 Å². The van der Waals surface area contributed by atoms with Gasteiger partial charge in [-0.1, -0.05) is 24.3 Å². The van der Waals surface area contributed by atoms with Crippen LogP contribution in [-0.2, 0) is 4.79 Å². The molecule has 0 spiro atoms. The number of hydrogen-bond donors (Lipinski definition) is 1. The quantitative estimate of drug-likeness (QED) is 0.634. The topological polar surface area (TPSA) is 66.2 Å². The third-order valence-corrected chi connectivity index (χ3v) is 1.32. The first kappa shape index (κ1) is 8.33. The first-order valence-corrected chi connectivity index (χ1v) is 3.43. The Morgan fingerprint density at radius 3 is 2.42 bits per heavy atom. The van der Waals surface area contributed by atoms with Crippen molar-refractivity contribution in [1.29, 1.82) is 0 Å². The van der Waals surface area contributed by atoms with Gasteiger partial charge in [0.1, 0.15) is 0 Å². The Morgan fingerprint density at radius 1 is 1.33 bits per heavy atom. The van der Waals surface area contributed by atoms with Crippen molar-refractivity contribution < 1.29 is 9.90 Å². The second-order valence-corrected chi connectivity index (χ2v) is 2.30. The molecule has 0 aromatic heterocycles. The minimum atomic E-state index is -0.499. The van der Waals surface area contributed by atoms with Gasteiger partial charge in [0, 0.05) is 6.08 Å². The lowest BCUT2D eigenvalue weighted by Crippen LogP contribution is -2.05. The molecule has 0 saturated heterocycles. The van der Waals surface area contributed by atoms with Crippen molar-refractivity contribution in [2.45, 2.75) is 0 Å². The molecule has 3 nitrogen and oxygen atoms in total. The first-order valence-electron chi connectivity index (χ1n) is 3.43. The number of hydrogen-bond acceptors (Lipinski definition) is 2. The summed E-state index contributed by atoms with van der Waals surface area (Å²) < 4.78 is 0. The molecule has 0 fully saturated rings. The maximum absolute atomic E-state index is 10.6. The van der Waals surface area contributed by atoms with E-state index in [0.29, 0.717) is 0 Å². The Bertz CT molecular complexity index is 301. The number of amides is 1. The summed E-state index contributed by atoms with van der Waals surface area (Å²) in [5, 5.41) is 10.6. The molecular weight excluding hydrogens is 154 g/mol. The molecule has 3 heteroatoms. The van der Waals surface area contributed by atoms with E-state index in [1.807, 2.05) is 0 Å². The standard InChI is InChI=1S/C9H9NO2/c10-9(12)6-3-7-1-4-8(11)5-2-7/h1-6,11H,(H2,10,12)/p-1/b6-3+. The fourth-order valence-corrected chi connectivity index (χ4v) is 0.757. The SMILES string of the molecule is NC(=O)/C=C/c1ccc([O-])cc1. The molecule has 2 N–H and O–H groups in total. The van der Waals surface area contributed by atoms with Gasteiger partial charge in [-0.25, -0.2) is 0 Å². The molecule has 0 saturated carbocycles. The Balaban J connectivity index is 2.77. The Labute approximate surface area is 70.1 Å². The van der Waals surface area contributed by atoms with E-state index in [-0.39, 0.29) is 5.75 Å². The van der Waals surface area contributed by atoms with Crippen LogP contribution in [0.15, 0.2) is 30.3 Å². The van der Waals surface area contributed by atoms with E-state index >= 15 is 0 Å². The van der Waals surface area contributed by atoms with Gasteiger partial charge in [0.05, 0.1) is 0 Å². The Hall–Kier alpha value is -1.77. The molecule has 0 aliphatic carbocycles. The van der Waals surface area contributed by atoms with Crippen LogP contribution < -0.4 is 10.8 Å². The third-order valence-electron chi connectivity index (χ3n) is 1.32. The van der Waals surface area contributed by atoms with Gasteiger partial charge in [0.2, 0.25) is 5.91 Å². The number of benzene rings is 1. The monoisotopic (exact) mass is 162 g/mol. The normalized spacial score (nSPS) is 10.3. The van der Waals surface area contributed by atoms with Crippen molar-refractivity contribution in [3.8, 4) is 5.75 Å². The molecule has 0 atom stereocenters. The summed E-state index contributed by atoms with van der Waals surface area (Å²) in [5.41, 5.74) is 5.67. The van der Waals surface area contributed by atoms with Crippen LogP contribution in [0.5, 0.6) is 5.75 Å². The van der Waals surface area contributed by atoms with Crippen LogP contribution in [-0.4, -0.2) is 5.91 Å². The molecule has 1 amide bonds. The zero-order valence-electron chi connectivity index (χ0n) is 6.36. The van der Waals surface area contributed by atoms with Crippen molar-refractivity contribution in [2.75, 3.05) is 0 Å². The molecule has 0 radical (unpaired) electrons. The molecule has 12 heavy (non-hydrogen) atoms. The molecule has 1 aromatic rings.